The molecule has 5 N–H and O–H groups in total. The second kappa shape index (κ2) is 8.28. The molecule has 0 spiro atoms. The number of aromatic nitrogens is 2. The Bertz CT molecular complexity index is 1050. The average molecular weight is 424 g/mol. The molecule has 12 nitrogen and oxygen atoms in total. The van der Waals surface area contributed by atoms with E-state index >= 15 is 0 Å². The molecule has 0 bridgehead atoms. The third kappa shape index (κ3) is 4.89. The molecule has 0 aliphatic heterocycles. The summed E-state index contributed by atoms with van der Waals surface area (Å²) in [4.78, 5) is 33.9. The van der Waals surface area contributed by atoms with Gasteiger partial charge in [0.15, 0.2) is 0 Å². The summed E-state index contributed by atoms with van der Waals surface area (Å²) in [6.07, 6.45) is 0. The molecule has 0 unspecified atom stereocenters. The van der Waals surface area contributed by atoms with Crippen LogP contribution in [-0.4, -0.2) is 63.4 Å². The topological polar surface area (TPSA) is 180 Å². The van der Waals surface area contributed by atoms with Gasteiger partial charge < -0.3 is 20.1 Å². The van der Waals surface area contributed by atoms with Gasteiger partial charge in [0.1, 0.15) is 0 Å². The van der Waals surface area contributed by atoms with Crippen LogP contribution in [0.3, 0.4) is 0 Å². The lowest BCUT2D eigenvalue weighted by Crippen LogP contribution is -2.29. The lowest BCUT2D eigenvalue weighted by molar-refractivity contribution is 0.0818. The number of methoxy groups -OCH3 is 2. The van der Waals surface area contributed by atoms with E-state index in [0.717, 1.165) is 17.0 Å². The monoisotopic (exact) mass is 424 g/mol. The lowest BCUT2D eigenvalue weighted by atomic mass is 10.0. The second-order valence-electron chi connectivity index (χ2n) is 5.92. The van der Waals surface area contributed by atoms with E-state index in [1.54, 1.807) is 0 Å². The van der Waals surface area contributed by atoms with Gasteiger partial charge in [-0.1, -0.05) is 0 Å². The number of anilines is 2. The molecule has 13 heteroatoms. The fourth-order valence-corrected chi connectivity index (χ4v) is 3.10. The van der Waals surface area contributed by atoms with Gasteiger partial charge in [0.2, 0.25) is 27.7 Å². The Morgan fingerprint density at radius 3 is 2.07 bits per heavy atom. The molecule has 0 saturated heterocycles. The van der Waals surface area contributed by atoms with E-state index in [0.29, 0.717) is 0 Å². The van der Waals surface area contributed by atoms with E-state index < -0.39 is 32.3 Å². The molecular weight excluding hydrogens is 404 g/mol. The van der Waals surface area contributed by atoms with Gasteiger partial charge in [0.05, 0.1) is 36.3 Å². The van der Waals surface area contributed by atoms with E-state index in [4.69, 9.17) is 20.3 Å². The van der Waals surface area contributed by atoms with Crippen LogP contribution in [0, 0.1) is 0 Å². The number of nitrogen functional groups attached to an aromatic ring is 1. The minimum Gasteiger partial charge on any atom is -0.481 e. The van der Waals surface area contributed by atoms with Crippen molar-refractivity contribution < 1.29 is 27.5 Å². The largest absolute Gasteiger partial charge is 0.481 e. The van der Waals surface area contributed by atoms with E-state index in [2.05, 4.69) is 15.3 Å². The molecule has 0 fully saturated rings. The van der Waals surface area contributed by atoms with E-state index in [9.17, 15) is 18.0 Å². The van der Waals surface area contributed by atoms with Crippen LogP contribution in [0.2, 0.25) is 0 Å². The fraction of sp³-hybridized carbons (Fsp3) is 0.250. The Hall–Kier alpha value is -3.45. The minimum absolute atomic E-state index is 0.0846. The van der Waals surface area contributed by atoms with Gasteiger partial charge in [-0.25, -0.2) is 13.6 Å². The van der Waals surface area contributed by atoms with Crippen LogP contribution >= 0.6 is 0 Å². The maximum Gasteiger partial charge on any atom is 0.258 e. The van der Waals surface area contributed by atoms with Crippen molar-refractivity contribution in [3.8, 4) is 11.8 Å². The number of benzene rings is 1. The molecule has 1 aromatic heterocycles. The molecule has 156 valence electrons. The van der Waals surface area contributed by atoms with Crippen molar-refractivity contribution in [2.24, 2.45) is 5.14 Å². The summed E-state index contributed by atoms with van der Waals surface area (Å²) in [5, 5.41) is 7.58. The average Bonchev–Trinajstić information content (AvgIpc) is 2.65. The molecule has 2 amide bonds. The minimum atomic E-state index is -4.36. The normalized spacial score (nSPS) is 10.9. The number of nitrogens with one attached hydrogen (secondary N) is 1. The predicted octanol–water partition coefficient (Wildman–Crippen LogP) is -0.322. The zero-order valence-corrected chi connectivity index (χ0v) is 16.9. The summed E-state index contributed by atoms with van der Waals surface area (Å²) in [7, 11) is 1.14. The van der Waals surface area contributed by atoms with Gasteiger partial charge in [0, 0.05) is 19.8 Å². The highest BCUT2D eigenvalue weighted by molar-refractivity contribution is 7.89. The van der Waals surface area contributed by atoms with Crippen molar-refractivity contribution in [3.05, 3.63) is 29.3 Å². The Labute approximate surface area is 166 Å². The van der Waals surface area contributed by atoms with Crippen molar-refractivity contribution >= 4 is 33.5 Å². The Morgan fingerprint density at radius 2 is 1.62 bits per heavy atom. The summed E-state index contributed by atoms with van der Waals surface area (Å²) in [5.41, 5.74) is 4.89. The molecule has 29 heavy (non-hydrogen) atoms. The van der Waals surface area contributed by atoms with Crippen LogP contribution in [0.4, 0.5) is 11.6 Å². The molecule has 1 aromatic carbocycles. The van der Waals surface area contributed by atoms with Crippen molar-refractivity contribution in [2.45, 2.75) is 4.90 Å². The lowest BCUT2D eigenvalue weighted by Gasteiger charge is -2.17. The number of carbonyl (C=O) groups is 2. The molecule has 1 heterocycles. The van der Waals surface area contributed by atoms with E-state index in [1.165, 1.54) is 34.4 Å². The molecule has 0 atom stereocenters. The van der Waals surface area contributed by atoms with E-state index in [-0.39, 0.29) is 29.0 Å². The molecule has 0 saturated carbocycles. The molecule has 2 aromatic rings. The quantitative estimate of drug-likeness (QED) is 0.523. The first-order valence-electron chi connectivity index (χ1n) is 7.94. The van der Waals surface area contributed by atoms with Gasteiger partial charge in [0.25, 0.3) is 11.8 Å². The summed E-state index contributed by atoms with van der Waals surface area (Å²) >= 11 is 0. The predicted molar refractivity (Wildman–Crippen MR) is 103 cm³/mol. The van der Waals surface area contributed by atoms with Crippen LogP contribution in [0.5, 0.6) is 11.8 Å². The first-order valence-corrected chi connectivity index (χ1v) is 9.49. The number of rotatable bonds is 6. The SMILES string of the molecule is COc1cc(OC)nc(NC(=O)c2cc(N)cc(S(N)(=O)=O)c2C(=O)N(C)C)n1. The Morgan fingerprint density at radius 1 is 1.07 bits per heavy atom. The summed E-state index contributed by atoms with van der Waals surface area (Å²) in [5.74, 6) is -1.64. The first-order chi connectivity index (χ1) is 13.5. The number of amides is 2. The zero-order chi connectivity index (χ0) is 21.9. The second-order valence-corrected chi connectivity index (χ2v) is 7.45. The zero-order valence-electron chi connectivity index (χ0n) is 16.1. The summed E-state index contributed by atoms with van der Waals surface area (Å²) in [6, 6.07) is 3.54. The number of hydrogen-bond donors (Lipinski definition) is 3. The highest BCUT2D eigenvalue weighted by Gasteiger charge is 2.28. The van der Waals surface area contributed by atoms with Gasteiger partial charge >= 0.3 is 0 Å². The number of nitrogens with two attached hydrogens (primary N) is 2. The molecular formula is C16H20N6O6S. The number of carbonyl (C=O) groups excluding carboxylic acids is 2. The van der Waals surface area contributed by atoms with Crippen molar-refractivity contribution in [3.63, 3.8) is 0 Å². The standard InChI is InChI=1S/C16H20N6O6S/c1-22(2)15(24)13-9(5-8(17)6-10(13)29(18,25)26)14(23)21-16-19-11(27-3)7-12(20-16)28-4/h5-7H,17H2,1-4H3,(H2,18,25,26)(H,19,20,21,23). The highest BCUT2D eigenvalue weighted by Crippen LogP contribution is 2.25. The number of sulfonamides is 1. The smallest absolute Gasteiger partial charge is 0.258 e. The van der Waals surface area contributed by atoms with Gasteiger partial charge in [-0.3, -0.25) is 14.9 Å². The number of nitrogens with zero attached hydrogens (tertiary/aromatic N) is 3. The first kappa shape index (κ1) is 21.8. The third-order valence-electron chi connectivity index (χ3n) is 3.62. The Balaban J connectivity index is 2.63. The fourth-order valence-electron chi connectivity index (χ4n) is 2.32. The van der Waals surface area contributed by atoms with Crippen LogP contribution in [-0.2, 0) is 10.0 Å². The highest BCUT2D eigenvalue weighted by atomic mass is 32.2. The summed E-state index contributed by atoms with van der Waals surface area (Å²) < 4.78 is 34.0. The van der Waals surface area contributed by atoms with E-state index in [1.807, 2.05) is 0 Å². The molecule has 2 rings (SSSR count). The van der Waals surface area contributed by atoms with Crippen molar-refractivity contribution in [1.29, 1.82) is 0 Å². The number of ether oxygens (including phenoxy) is 2. The number of hydrogen-bond acceptors (Lipinski definition) is 9. The molecule has 0 aliphatic rings. The van der Waals surface area contributed by atoms with Crippen LogP contribution in [0.15, 0.2) is 23.1 Å². The van der Waals surface area contributed by atoms with Gasteiger partial charge in [-0.15, -0.1) is 0 Å². The van der Waals surface area contributed by atoms with Crippen molar-refractivity contribution in [2.75, 3.05) is 39.4 Å². The maximum absolute atomic E-state index is 12.9. The van der Waals surface area contributed by atoms with Crippen LogP contribution in [0.1, 0.15) is 20.7 Å². The molecule has 0 aliphatic carbocycles. The van der Waals surface area contributed by atoms with Gasteiger partial charge in [-0.05, 0) is 12.1 Å². The van der Waals surface area contributed by atoms with Gasteiger partial charge in [-0.2, -0.15) is 9.97 Å². The molecule has 0 radical (unpaired) electrons. The third-order valence-corrected chi connectivity index (χ3v) is 4.55. The van der Waals surface area contributed by atoms with Crippen LogP contribution in [0.25, 0.3) is 0 Å². The van der Waals surface area contributed by atoms with Crippen molar-refractivity contribution in [1.82, 2.24) is 14.9 Å². The summed E-state index contributed by atoms with van der Waals surface area (Å²) in [6.45, 7) is 0. The number of primary sulfonamides is 1. The Kier molecular flexibility index (Phi) is 6.24. The maximum atomic E-state index is 12.9. The van der Waals surface area contributed by atoms with Crippen LogP contribution < -0.4 is 25.7 Å².